The van der Waals surface area contributed by atoms with Crippen LogP contribution in [0, 0.1) is 23.5 Å². The quantitative estimate of drug-likeness (QED) is 0.134. The highest BCUT2D eigenvalue weighted by atomic mass is 19.1. The van der Waals surface area contributed by atoms with Crippen molar-refractivity contribution in [2.45, 2.75) is 24.7 Å². The van der Waals surface area contributed by atoms with Gasteiger partial charge in [0.15, 0.2) is 23.0 Å². The zero-order valence-electron chi connectivity index (χ0n) is 26.4. The molecule has 0 radical (unpaired) electrons. The standard InChI is InChI=1S/C19H22FNO3.C18H20FNO3/c1-23-19-10-16(6-7-18(19)22)24-12-14-11-21-9-8-17(14)13-2-4-15(20)5-3-13;19-14-3-1-12(2-4-14)16-7-8-20-10-13(16)11-23-15-5-6-17(21)18(22)9-15/h2-7,10,14,17,21-22H,8-9,11-12H2,1H3;1-6,9,13,16,20-22H,7-8,10-11H2. The van der Waals surface area contributed by atoms with E-state index in [4.69, 9.17) is 14.2 Å². The van der Waals surface area contributed by atoms with Gasteiger partial charge in [0, 0.05) is 37.1 Å². The Bertz CT molecular complexity index is 1570. The highest BCUT2D eigenvalue weighted by Gasteiger charge is 2.28. The lowest BCUT2D eigenvalue weighted by Crippen LogP contribution is -2.38. The molecule has 10 heteroatoms. The molecule has 0 aliphatic carbocycles. The normalized spacial score (nSPS) is 20.8. The van der Waals surface area contributed by atoms with E-state index in [0.717, 1.165) is 50.1 Å². The van der Waals surface area contributed by atoms with E-state index in [-0.39, 0.29) is 34.8 Å². The van der Waals surface area contributed by atoms with Crippen molar-refractivity contribution in [3.63, 3.8) is 0 Å². The number of phenols is 3. The molecule has 4 unspecified atom stereocenters. The number of rotatable bonds is 9. The number of piperidine rings is 2. The minimum absolute atomic E-state index is 0.0911. The van der Waals surface area contributed by atoms with Crippen molar-refractivity contribution in [3.05, 3.63) is 108 Å². The number of ether oxygens (including phenoxy) is 3. The van der Waals surface area contributed by atoms with Crippen molar-refractivity contribution >= 4 is 0 Å². The van der Waals surface area contributed by atoms with Crippen LogP contribution < -0.4 is 24.8 Å². The molecule has 47 heavy (non-hydrogen) atoms. The van der Waals surface area contributed by atoms with Crippen LogP contribution in [0.1, 0.15) is 35.8 Å². The van der Waals surface area contributed by atoms with Gasteiger partial charge in [-0.3, -0.25) is 0 Å². The molecule has 0 spiro atoms. The number of benzene rings is 4. The fourth-order valence-corrected chi connectivity index (χ4v) is 6.24. The Morgan fingerprint density at radius 2 is 1.09 bits per heavy atom. The minimum atomic E-state index is -0.227. The fraction of sp³-hybridized carbons (Fsp3) is 0.351. The number of halogens is 2. The lowest BCUT2D eigenvalue weighted by Gasteiger charge is -2.32. The molecule has 4 atom stereocenters. The topological polar surface area (TPSA) is 112 Å². The van der Waals surface area contributed by atoms with Gasteiger partial charge in [0.1, 0.15) is 23.1 Å². The van der Waals surface area contributed by atoms with Gasteiger partial charge in [0.2, 0.25) is 0 Å². The van der Waals surface area contributed by atoms with Crippen LogP contribution in [0.3, 0.4) is 0 Å². The van der Waals surface area contributed by atoms with Gasteiger partial charge >= 0.3 is 0 Å². The van der Waals surface area contributed by atoms with Crippen LogP contribution in [0.2, 0.25) is 0 Å². The molecule has 2 aliphatic rings. The molecule has 0 amide bonds. The van der Waals surface area contributed by atoms with Gasteiger partial charge in [-0.1, -0.05) is 24.3 Å². The van der Waals surface area contributed by atoms with Gasteiger partial charge in [0.05, 0.1) is 20.3 Å². The average molecular weight is 649 g/mol. The summed E-state index contributed by atoms with van der Waals surface area (Å²) in [5.41, 5.74) is 2.27. The molecule has 0 bridgehead atoms. The van der Waals surface area contributed by atoms with E-state index in [9.17, 15) is 24.1 Å². The van der Waals surface area contributed by atoms with Gasteiger partial charge in [-0.25, -0.2) is 8.78 Å². The highest BCUT2D eigenvalue weighted by Crippen LogP contribution is 2.35. The van der Waals surface area contributed by atoms with Crippen LogP contribution in [0.5, 0.6) is 34.5 Å². The van der Waals surface area contributed by atoms with Crippen LogP contribution in [-0.2, 0) is 0 Å². The molecule has 4 aromatic rings. The number of hydrogen-bond donors (Lipinski definition) is 5. The molecular formula is C37H42F2N2O6. The van der Waals surface area contributed by atoms with E-state index < -0.39 is 0 Å². The van der Waals surface area contributed by atoms with E-state index in [0.29, 0.717) is 48.2 Å². The zero-order valence-corrected chi connectivity index (χ0v) is 26.4. The highest BCUT2D eigenvalue weighted by molar-refractivity contribution is 5.45. The minimum Gasteiger partial charge on any atom is -0.504 e. The summed E-state index contributed by atoms with van der Waals surface area (Å²) < 4.78 is 43.1. The van der Waals surface area contributed by atoms with Gasteiger partial charge in [0.25, 0.3) is 0 Å². The lowest BCUT2D eigenvalue weighted by molar-refractivity contribution is 0.196. The van der Waals surface area contributed by atoms with Crippen molar-refractivity contribution in [1.29, 1.82) is 0 Å². The third-order valence-corrected chi connectivity index (χ3v) is 8.84. The second-order valence-electron chi connectivity index (χ2n) is 11.9. The van der Waals surface area contributed by atoms with E-state index in [2.05, 4.69) is 10.6 Å². The van der Waals surface area contributed by atoms with E-state index in [1.807, 2.05) is 24.3 Å². The van der Waals surface area contributed by atoms with Crippen LogP contribution in [0.15, 0.2) is 84.9 Å². The Labute approximate surface area is 273 Å². The first kappa shape index (κ1) is 33.8. The van der Waals surface area contributed by atoms with E-state index in [1.54, 1.807) is 24.3 Å². The SMILES string of the molecule is COc1cc(OCC2CNCCC2c2ccc(F)cc2)ccc1O.Oc1ccc(OCC2CNCCC2c2ccc(F)cc2)cc1O. The van der Waals surface area contributed by atoms with E-state index in [1.165, 1.54) is 43.5 Å². The molecule has 2 saturated heterocycles. The summed E-state index contributed by atoms with van der Waals surface area (Å²) in [5.74, 6) is 2.06. The van der Waals surface area contributed by atoms with Gasteiger partial charge < -0.3 is 40.2 Å². The smallest absolute Gasteiger partial charge is 0.164 e. The summed E-state index contributed by atoms with van der Waals surface area (Å²) in [6, 6.07) is 22.8. The molecule has 0 saturated carbocycles. The van der Waals surface area contributed by atoms with Crippen LogP contribution in [0.25, 0.3) is 0 Å². The fourth-order valence-electron chi connectivity index (χ4n) is 6.24. The molecule has 6 rings (SSSR count). The lowest BCUT2D eigenvalue weighted by atomic mass is 9.81. The Morgan fingerprint density at radius 1 is 0.617 bits per heavy atom. The Morgan fingerprint density at radius 3 is 1.55 bits per heavy atom. The van der Waals surface area contributed by atoms with Crippen molar-refractivity contribution in [2.75, 3.05) is 46.5 Å². The average Bonchev–Trinajstić information content (AvgIpc) is 3.10. The van der Waals surface area contributed by atoms with Crippen molar-refractivity contribution in [1.82, 2.24) is 10.6 Å². The number of nitrogens with one attached hydrogen (secondary N) is 2. The second-order valence-corrected chi connectivity index (χ2v) is 11.9. The maximum absolute atomic E-state index is 13.2. The third-order valence-electron chi connectivity index (χ3n) is 8.84. The van der Waals surface area contributed by atoms with Crippen LogP contribution in [0.4, 0.5) is 8.78 Å². The molecule has 2 heterocycles. The summed E-state index contributed by atoms with van der Waals surface area (Å²) in [6.45, 7) is 4.59. The summed E-state index contributed by atoms with van der Waals surface area (Å²) in [6.07, 6.45) is 1.97. The predicted molar refractivity (Wildman–Crippen MR) is 176 cm³/mol. The third kappa shape index (κ3) is 9.27. The molecule has 2 fully saturated rings. The first-order valence-corrected chi connectivity index (χ1v) is 15.9. The number of methoxy groups -OCH3 is 1. The monoisotopic (exact) mass is 648 g/mol. The number of phenolic OH excluding ortho intramolecular Hbond substituents is 3. The Hall–Kier alpha value is -4.54. The maximum atomic E-state index is 13.2. The first-order valence-electron chi connectivity index (χ1n) is 15.9. The zero-order chi connectivity index (χ0) is 33.2. The predicted octanol–water partition coefficient (Wildman–Crippen LogP) is 6.32. The number of aromatic hydroxyl groups is 3. The van der Waals surface area contributed by atoms with Crippen molar-refractivity contribution in [2.24, 2.45) is 11.8 Å². The van der Waals surface area contributed by atoms with Crippen LogP contribution in [-0.4, -0.2) is 61.8 Å². The molecular weight excluding hydrogens is 606 g/mol. The molecule has 250 valence electrons. The summed E-state index contributed by atoms with van der Waals surface area (Å²) in [7, 11) is 1.51. The van der Waals surface area contributed by atoms with Crippen molar-refractivity contribution in [3.8, 4) is 34.5 Å². The maximum Gasteiger partial charge on any atom is 0.164 e. The van der Waals surface area contributed by atoms with E-state index >= 15 is 0 Å². The van der Waals surface area contributed by atoms with Gasteiger partial charge in [-0.05, 0) is 97.4 Å². The van der Waals surface area contributed by atoms with Gasteiger partial charge in [-0.15, -0.1) is 0 Å². The second kappa shape index (κ2) is 16.3. The van der Waals surface area contributed by atoms with Crippen LogP contribution >= 0.6 is 0 Å². The summed E-state index contributed by atoms with van der Waals surface area (Å²) >= 11 is 0. The summed E-state index contributed by atoms with van der Waals surface area (Å²) in [4.78, 5) is 0. The first-order chi connectivity index (χ1) is 22.8. The molecule has 4 aromatic carbocycles. The van der Waals surface area contributed by atoms with Gasteiger partial charge in [-0.2, -0.15) is 0 Å². The molecule has 8 nitrogen and oxygen atoms in total. The largest absolute Gasteiger partial charge is 0.504 e. The van der Waals surface area contributed by atoms with Crippen molar-refractivity contribution < 1.29 is 38.3 Å². The molecule has 5 N–H and O–H groups in total. The Kier molecular flexibility index (Phi) is 11.8. The Balaban J connectivity index is 0.000000185. The molecule has 2 aliphatic heterocycles. The summed E-state index contributed by atoms with van der Waals surface area (Å²) in [5, 5.41) is 35.2. The molecule has 0 aromatic heterocycles. The number of hydrogen-bond acceptors (Lipinski definition) is 8.